The average Bonchev–Trinajstić information content (AvgIpc) is 3.04. The summed E-state index contributed by atoms with van der Waals surface area (Å²) in [6.07, 6.45) is 3.22. The molecule has 0 bridgehead atoms. The van der Waals surface area contributed by atoms with E-state index in [1.807, 2.05) is 19.2 Å². The standard InChI is InChI=1S/C11H14N6O3/c1-2-15-5-3-9(13-15)7-12-11(18)8-16-6-4-10(14-16)17(19)20/h3-6H,2,7-8H2,1H3,(H,12,18). The molecule has 0 saturated heterocycles. The van der Waals surface area contributed by atoms with Crippen LogP contribution in [0.25, 0.3) is 0 Å². The van der Waals surface area contributed by atoms with Crippen LogP contribution in [-0.2, 0) is 24.4 Å². The second kappa shape index (κ2) is 5.95. The minimum atomic E-state index is -0.605. The minimum Gasteiger partial charge on any atom is -0.358 e. The summed E-state index contributed by atoms with van der Waals surface area (Å²) in [4.78, 5) is 21.5. The zero-order chi connectivity index (χ0) is 14.5. The Hall–Kier alpha value is -2.71. The molecule has 0 aliphatic carbocycles. The van der Waals surface area contributed by atoms with Crippen molar-refractivity contribution < 1.29 is 9.72 Å². The second-order valence-electron chi connectivity index (χ2n) is 4.07. The fraction of sp³-hybridized carbons (Fsp3) is 0.364. The molecule has 2 heterocycles. The van der Waals surface area contributed by atoms with E-state index in [1.54, 1.807) is 4.68 Å². The van der Waals surface area contributed by atoms with Crippen molar-refractivity contribution in [3.05, 3.63) is 40.3 Å². The van der Waals surface area contributed by atoms with Gasteiger partial charge in [0.05, 0.1) is 29.6 Å². The van der Waals surface area contributed by atoms with Crippen molar-refractivity contribution in [2.24, 2.45) is 0 Å². The van der Waals surface area contributed by atoms with E-state index >= 15 is 0 Å². The lowest BCUT2D eigenvalue weighted by atomic mass is 10.4. The highest BCUT2D eigenvalue weighted by molar-refractivity contribution is 5.75. The molecular formula is C11H14N6O3. The number of aryl methyl sites for hydroxylation is 1. The van der Waals surface area contributed by atoms with Crippen LogP contribution in [0.1, 0.15) is 12.6 Å². The summed E-state index contributed by atoms with van der Waals surface area (Å²) in [5.41, 5.74) is 0.756. The molecule has 0 radical (unpaired) electrons. The molecule has 0 saturated carbocycles. The predicted molar refractivity (Wildman–Crippen MR) is 68.6 cm³/mol. The van der Waals surface area contributed by atoms with Crippen LogP contribution in [0.4, 0.5) is 5.82 Å². The third-order valence-corrected chi connectivity index (χ3v) is 2.61. The van der Waals surface area contributed by atoms with Crippen LogP contribution >= 0.6 is 0 Å². The number of carbonyl (C=O) groups is 1. The topological polar surface area (TPSA) is 108 Å². The maximum Gasteiger partial charge on any atom is 0.389 e. The molecule has 0 aliphatic rings. The molecule has 2 aromatic heterocycles. The van der Waals surface area contributed by atoms with Crippen LogP contribution in [0.15, 0.2) is 24.5 Å². The highest BCUT2D eigenvalue weighted by atomic mass is 16.6. The Bertz CT molecular complexity index is 617. The maximum atomic E-state index is 11.7. The van der Waals surface area contributed by atoms with Crippen molar-refractivity contribution in [2.45, 2.75) is 26.6 Å². The van der Waals surface area contributed by atoms with Crippen molar-refractivity contribution >= 4 is 11.7 Å². The third kappa shape index (κ3) is 3.40. The van der Waals surface area contributed by atoms with E-state index < -0.39 is 4.92 Å². The van der Waals surface area contributed by atoms with Gasteiger partial charge in [-0.1, -0.05) is 0 Å². The Labute approximate surface area is 114 Å². The van der Waals surface area contributed by atoms with Crippen LogP contribution < -0.4 is 5.32 Å². The minimum absolute atomic E-state index is 0.0671. The molecule has 2 aromatic rings. The highest BCUT2D eigenvalue weighted by Crippen LogP contribution is 2.04. The molecule has 0 spiro atoms. The molecular weight excluding hydrogens is 264 g/mol. The lowest BCUT2D eigenvalue weighted by Gasteiger charge is -2.01. The summed E-state index contributed by atoms with van der Waals surface area (Å²) < 4.78 is 2.98. The number of hydrogen-bond donors (Lipinski definition) is 1. The molecule has 1 N–H and O–H groups in total. The van der Waals surface area contributed by atoms with Gasteiger partial charge in [0.2, 0.25) is 5.91 Å². The number of aromatic nitrogens is 4. The summed E-state index contributed by atoms with van der Waals surface area (Å²) >= 11 is 0. The first-order valence-electron chi connectivity index (χ1n) is 6.05. The average molecular weight is 278 g/mol. The van der Waals surface area contributed by atoms with E-state index in [0.29, 0.717) is 6.54 Å². The van der Waals surface area contributed by atoms with Crippen LogP contribution in [0, 0.1) is 10.1 Å². The summed E-state index contributed by atoms with van der Waals surface area (Å²) in [5.74, 6) is -0.562. The van der Waals surface area contributed by atoms with Gasteiger partial charge in [0.1, 0.15) is 6.54 Å². The van der Waals surface area contributed by atoms with E-state index in [2.05, 4.69) is 15.5 Å². The summed E-state index contributed by atoms with van der Waals surface area (Å²) in [6, 6.07) is 3.07. The number of nitro groups is 1. The first-order chi connectivity index (χ1) is 9.58. The van der Waals surface area contributed by atoms with Gasteiger partial charge < -0.3 is 15.4 Å². The van der Waals surface area contributed by atoms with E-state index in [9.17, 15) is 14.9 Å². The Morgan fingerprint density at radius 1 is 1.35 bits per heavy atom. The van der Waals surface area contributed by atoms with Gasteiger partial charge in [-0.05, 0) is 17.9 Å². The third-order valence-electron chi connectivity index (χ3n) is 2.61. The zero-order valence-electron chi connectivity index (χ0n) is 10.9. The summed E-state index contributed by atoms with van der Waals surface area (Å²) in [6.45, 7) is 2.99. The summed E-state index contributed by atoms with van der Waals surface area (Å²) in [7, 11) is 0. The number of hydrogen-bond acceptors (Lipinski definition) is 5. The number of nitrogens with zero attached hydrogens (tertiary/aromatic N) is 5. The van der Waals surface area contributed by atoms with Crippen LogP contribution in [0.2, 0.25) is 0 Å². The maximum absolute atomic E-state index is 11.7. The second-order valence-corrected chi connectivity index (χ2v) is 4.07. The van der Waals surface area contributed by atoms with E-state index in [-0.39, 0.29) is 18.3 Å². The highest BCUT2D eigenvalue weighted by Gasteiger charge is 2.13. The Morgan fingerprint density at radius 2 is 2.10 bits per heavy atom. The molecule has 0 unspecified atom stereocenters. The van der Waals surface area contributed by atoms with E-state index in [1.165, 1.54) is 16.9 Å². The lowest BCUT2D eigenvalue weighted by molar-refractivity contribution is -0.389. The zero-order valence-corrected chi connectivity index (χ0v) is 10.9. The molecule has 20 heavy (non-hydrogen) atoms. The SMILES string of the molecule is CCn1ccc(CNC(=O)Cn2ccc([N+](=O)[O-])n2)n1. The van der Waals surface area contributed by atoms with Crippen molar-refractivity contribution in [1.29, 1.82) is 0 Å². The molecule has 2 rings (SSSR count). The predicted octanol–water partition coefficient (Wildman–Crippen LogP) is 0.324. The smallest absolute Gasteiger partial charge is 0.358 e. The molecule has 1 amide bonds. The number of rotatable bonds is 6. The fourth-order valence-electron chi connectivity index (χ4n) is 1.60. The first-order valence-corrected chi connectivity index (χ1v) is 6.05. The Morgan fingerprint density at radius 3 is 2.70 bits per heavy atom. The normalized spacial score (nSPS) is 10.4. The monoisotopic (exact) mass is 278 g/mol. The molecule has 0 aliphatic heterocycles. The number of nitrogens with one attached hydrogen (secondary N) is 1. The van der Waals surface area contributed by atoms with Crippen molar-refractivity contribution in [3.63, 3.8) is 0 Å². The van der Waals surface area contributed by atoms with Crippen LogP contribution in [-0.4, -0.2) is 30.4 Å². The van der Waals surface area contributed by atoms with Gasteiger partial charge in [-0.3, -0.25) is 9.48 Å². The number of amides is 1. The van der Waals surface area contributed by atoms with Gasteiger partial charge in [-0.25, -0.2) is 0 Å². The van der Waals surface area contributed by atoms with Gasteiger partial charge in [0, 0.05) is 12.7 Å². The van der Waals surface area contributed by atoms with Crippen LogP contribution in [0.5, 0.6) is 0 Å². The molecule has 106 valence electrons. The van der Waals surface area contributed by atoms with Gasteiger partial charge in [-0.2, -0.15) is 9.78 Å². The van der Waals surface area contributed by atoms with Gasteiger partial charge in [-0.15, -0.1) is 0 Å². The first kappa shape index (κ1) is 13.7. The van der Waals surface area contributed by atoms with E-state index in [4.69, 9.17) is 0 Å². The number of carbonyl (C=O) groups excluding carboxylic acids is 1. The van der Waals surface area contributed by atoms with Gasteiger partial charge >= 0.3 is 5.82 Å². The van der Waals surface area contributed by atoms with Crippen LogP contribution in [0.3, 0.4) is 0 Å². The lowest BCUT2D eigenvalue weighted by Crippen LogP contribution is -2.27. The molecule has 0 atom stereocenters. The van der Waals surface area contributed by atoms with Gasteiger partial charge in [0.25, 0.3) is 0 Å². The quantitative estimate of drug-likeness (QED) is 0.605. The van der Waals surface area contributed by atoms with Crippen molar-refractivity contribution in [2.75, 3.05) is 0 Å². The fourth-order valence-corrected chi connectivity index (χ4v) is 1.60. The molecule has 0 fully saturated rings. The van der Waals surface area contributed by atoms with E-state index in [0.717, 1.165) is 12.2 Å². The van der Waals surface area contributed by atoms with Gasteiger partial charge in [0.15, 0.2) is 0 Å². The van der Waals surface area contributed by atoms with Crippen molar-refractivity contribution in [1.82, 2.24) is 24.9 Å². The molecule has 9 heteroatoms. The van der Waals surface area contributed by atoms with Crippen molar-refractivity contribution in [3.8, 4) is 0 Å². The summed E-state index contributed by atoms with van der Waals surface area (Å²) in [5, 5.41) is 21.0. The Kier molecular flexibility index (Phi) is 4.08. The Balaban J connectivity index is 1.84. The molecule has 9 nitrogen and oxygen atoms in total. The molecule has 0 aromatic carbocycles. The largest absolute Gasteiger partial charge is 0.389 e.